The third-order valence-electron chi connectivity index (χ3n) is 0.558. The minimum absolute atomic E-state index is 0.0950. The van der Waals surface area contributed by atoms with E-state index in [-0.39, 0.29) is 16.8 Å². The maximum absolute atomic E-state index is 5.14. The van der Waals surface area contributed by atoms with Crippen LogP contribution in [0.25, 0.3) is 0 Å². The molecule has 0 aromatic rings. The summed E-state index contributed by atoms with van der Waals surface area (Å²) in [5, 5.41) is 0. The molecule has 0 heterocycles. The van der Waals surface area contributed by atoms with Crippen LogP contribution in [-0.4, -0.2) is 6.54 Å². The van der Waals surface area contributed by atoms with Crippen molar-refractivity contribution < 1.29 is 0 Å². The molecule has 8 heavy (non-hydrogen) atoms. The van der Waals surface area contributed by atoms with E-state index < -0.39 is 0 Å². The van der Waals surface area contributed by atoms with Crippen molar-refractivity contribution in [3.05, 3.63) is 0 Å². The molecule has 0 aliphatic carbocycles. The normalized spacial score (nSPS) is 8.00. The van der Waals surface area contributed by atoms with Crippen molar-refractivity contribution in [3.63, 3.8) is 0 Å². The average Bonchev–Trinajstić information content (AvgIpc) is 1.71. The minimum atomic E-state index is 0.0950. The second-order valence-corrected chi connectivity index (χ2v) is 11.7. The Morgan fingerprint density at radius 3 is 1.88 bits per heavy atom. The van der Waals surface area contributed by atoms with Crippen LogP contribution in [-0.2, 0) is 0 Å². The summed E-state index contributed by atoms with van der Waals surface area (Å²) in [6, 6.07) is 0. The molecule has 0 rings (SSSR count). The molecule has 0 saturated heterocycles. The molecule has 0 aliphatic rings. The van der Waals surface area contributed by atoms with Gasteiger partial charge in [0.25, 0.3) is 0 Å². The van der Waals surface area contributed by atoms with Gasteiger partial charge in [-0.15, -0.1) is 0 Å². The largest absolute Gasteiger partial charge is 0.330 e. The van der Waals surface area contributed by atoms with Crippen molar-refractivity contribution in [3.8, 4) is 0 Å². The van der Waals surface area contributed by atoms with E-state index in [2.05, 4.69) is 32.3 Å². The first-order valence-electron chi connectivity index (χ1n) is 2.42. The molecule has 0 aromatic carbocycles. The van der Waals surface area contributed by atoms with Crippen molar-refractivity contribution in [2.45, 2.75) is 19.8 Å². The molecule has 0 saturated carbocycles. The zero-order chi connectivity index (χ0) is 6.83. The third-order valence-corrected chi connectivity index (χ3v) is 0.558. The maximum atomic E-state index is 5.14. The SMILES string of the molecule is Br[IH]Br.CCCCN. The summed E-state index contributed by atoms with van der Waals surface area (Å²) in [5.74, 6) is 0. The predicted octanol–water partition coefficient (Wildman–Crippen LogP) is 3.05. The van der Waals surface area contributed by atoms with E-state index in [0.717, 1.165) is 6.54 Å². The second-order valence-electron chi connectivity index (χ2n) is 1.20. The third kappa shape index (κ3) is 25.4. The van der Waals surface area contributed by atoms with Gasteiger partial charge in [-0.25, -0.2) is 0 Å². The molecule has 1 nitrogen and oxygen atoms in total. The molecule has 0 unspecified atom stereocenters. The number of unbranched alkanes of at least 4 members (excludes halogenated alkanes) is 1. The van der Waals surface area contributed by atoms with E-state index in [0.29, 0.717) is 0 Å². The Morgan fingerprint density at radius 1 is 1.50 bits per heavy atom. The van der Waals surface area contributed by atoms with Crippen LogP contribution in [0.1, 0.15) is 19.8 Å². The number of nitrogens with two attached hydrogens (primary N) is 1. The molecule has 54 valence electrons. The fourth-order valence-electron chi connectivity index (χ4n) is 0.204. The maximum Gasteiger partial charge on any atom is -0.00774 e. The summed E-state index contributed by atoms with van der Waals surface area (Å²) in [4.78, 5) is 0. The first-order chi connectivity index (χ1) is 3.83. The zero-order valence-electron chi connectivity index (χ0n) is 4.86. The van der Waals surface area contributed by atoms with Gasteiger partial charge in [0, 0.05) is 0 Å². The first-order valence-corrected chi connectivity index (χ1v) is 12.9. The molecule has 0 spiro atoms. The molecule has 0 amide bonds. The molecule has 0 bridgehead atoms. The summed E-state index contributed by atoms with van der Waals surface area (Å²) in [5.41, 5.74) is 5.14. The van der Waals surface area contributed by atoms with Crippen molar-refractivity contribution in [2.24, 2.45) is 5.73 Å². The first kappa shape index (κ1) is 12.3. The van der Waals surface area contributed by atoms with Crippen LogP contribution >= 0.6 is 42.1 Å². The average molecular weight is 361 g/mol. The van der Waals surface area contributed by atoms with Crippen molar-refractivity contribution >= 4 is 42.1 Å². The van der Waals surface area contributed by atoms with E-state index in [1.165, 1.54) is 12.8 Å². The Kier molecular flexibility index (Phi) is 24.5. The van der Waals surface area contributed by atoms with Gasteiger partial charge in [-0.1, -0.05) is 13.3 Å². The van der Waals surface area contributed by atoms with Crippen LogP contribution in [0, 0.1) is 0 Å². The van der Waals surface area contributed by atoms with Crippen molar-refractivity contribution in [1.82, 2.24) is 0 Å². The van der Waals surface area contributed by atoms with Crippen LogP contribution < -0.4 is 5.73 Å². The quantitative estimate of drug-likeness (QED) is 0.752. The van der Waals surface area contributed by atoms with Crippen molar-refractivity contribution in [2.75, 3.05) is 6.54 Å². The molecule has 0 aromatic heterocycles. The van der Waals surface area contributed by atoms with E-state index >= 15 is 0 Å². The number of hydrogen-bond donors (Lipinski definition) is 1. The Balaban J connectivity index is 0. The van der Waals surface area contributed by atoms with Crippen LogP contribution in [0.3, 0.4) is 0 Å². The molecule has 0 radical (unpaired) electrons. The van der Waals surface area contributed by atoms with E-state index in [1.54, 1.807) is 0 Å². The van der Waals surface area contributed by atoms with E-state index in [4.69, 9.17) is 5.73 Å². The topological polar surface area (TPSA) is 26.0 Å². The van der Waals surface area contributed by atoms with E-state index in [9.17, 15) is 0 Å². The monoisotopic (exact) mass is 359 g/mol. The molecular weight excluding hydrogens is 349 g/mol. The van der Waals surface area contributed by atoms with Crippen LogP contribution in [0.5, 0.6) is 0 Å². The summed E-state index contributed by atoms with van der Waals surface area (Å²) >= 11 is 6.48. The van der Waals surface area contributed by atoms with Gasteiger partial charge in [0.05, 0.1) is 0 Å². The molecule has 0 atom stereocenters. The van der Waals surface area contributed by atoms with Crippen LogP contribution in [0.2, 0.25) is 0 Å². The second kappa shape index (κ2) is 15.9. The van der Waals surface area contributed by atoms with Crippen LogP contribution in [0.4, 0.5) is 0 Å². The number of hydrogen-bond acceptors (Lipinski definition) is 1. The van der Waals surface area contributed by atoms with Gasteiger partial charge >= 0.3 is 42.1 Å². The van der Waals surface area contributed by atoms with E-state index in [1.807, 2.05) is 0 Å². The molecule has 4 heteroatoms. The van der Waals surface area contributed by atoms with Gasteiger partial charge < -0.3 is 5.73 Å². The Bertz CT molecular complexity index is 28.0. The number of rotatable bonds is 2. The smallest absolute Gasteiger partial charge is 0.00774 e. The van der Waals surface area contributed by atoms with Gasteiger partial charge in [-0.05, 0) is 13.0 Å². The van der Waals surface area contributed by atoms with Gasteiger partial charge in [-0.3, -0.25) is 0 Å². The van der Waals surface area contributed by atoms with Gasteiger partial charge in [0.15, 0.2) is 0 Å². The fourth-order valence-corrected chi connectivity index (χ4v) is 0.204. The zero-order valence-corrected chi connectivity index (χ0v) is 10.4. The minimum Gasteiger partial charge on any atom is -0.330 e. The van der Waals surface area contributed by atoms with Crippen LogP contribution in [0.15, 0.2) is 0 Å². The van der Waals surface area contributed by atoms with Gasteiger partial charge in [0.1, 0.15) is 0 Å². The fraction of sp³-hybridized carbons (Fsp3) is 1.00. The summed E-state index contributed by atoms with van der Waals surface area (Å²) < 4.78 is 0. The standard InChI is InChI=1S/C4H11N.Br2HI/c1-2-3-4-5;1-3-2/h2-5H2,1H3;3H. The Labute approximate surface area is 73.5 Å². The summed E-state index contributed by atoms with van der Waals surface area (Å²) in [6.45, 7) is 2.98. The molecule has 0 aliphatic heterocycles. The number of halogens is 3. The predicted molar refractivity (Wildman–Crippen MR) is 57.2 cm³/mol. The van der Waals surface area contributed by atoms with Crippen molar-refractivity contribution in [1.29, 1.82) is 0 Å². The van der Waals surface area contributed by atoms with Gasteiger partial charge in [-0.2, -0.15) is 0 Å². The summed E-state index contributed by atoms with van der Waals surface area (Å²) in [7, 11) is 0. The molecule has 0 fully saturated rings. The Morgan fingerprint density at radius 2 is 1.88 bits per heavy atom. The Hall–Kier alpha value is 1.65. The van der Waals surface area contributed by atoms with Gasteiger partial charge in [0.2, 0.25) is 0 Å². The molecular formula is C4H12Br2IN. The molecule has 2 N–H and O–H groups in total. The summed E-state index contributed by atoms with van der Waals surface area (Å²) in [6.07, 6.45) is 2.39.